The second kappa shape index (κ2) is 5.77. The maximum atomic E-state index is 4.41. The molecule has 0 aliphatic carbocycles. The van der Waals surface area contributed by atoms with Crippen molar-refractivity contribution in [3.63, 3.8) is 0 Å². The quantitative estimate of drug-likeness (QED) is 0.752. The van der Waals surface area contributed by atoms with Crippen molar-refractivity contribution >= 4 is 0 Å². The normalized spacial score (nSPS) is 9.50. The van der Waals surface area contributed by atoms with Crippen LogP contribution in [0.2, 0.25) is 0 Å². The van der Waals surface area contributed by atoms with E-state index in [1.807, 2.05) is 4.68 Å². The second-order valence-corrected chi connectivity index (χ2v) is 2.82. The lowest BCUT2D eigenvalue weighted by Gasteiger charge is -1.95. The van der Waals surface area contributed by atoms with Gasteiger partial charge in [0.1, 0.15) is 0 Å². The Balaban J connectivity index is 0.00000121. The van der Waals surface area contributed by atoms with Crippen molar-refractivity contribution in [3.8, 4) is 0 Å². The Morgan fingerprint density at radius 1 is 1.33 bits per heavy atom. The Kier molecular flexibility index (Phi) is 5.37. The summed E-state index contributed by atoms with van der Waals surface area (Å²) in [5, 5.41) is 4.41. The summed E-state index contributed by atoms with van der Waals surface area (Å²) in [6.45, 7) is 5.39. The molecule has 0 saturated heterocycles. The Morgan fingerprint density at radius 2 is 2.08 bits per heavy atom. The molecule has 3 N–H and O–H groups in total. The molecule has 0 amide bonds. The molecule has 70 valence electrons. The predicted molar refractivity (Wildman–Crippen MR) is 51.5 cm³/mol. The molecule has 3 heteroatoms. The van der Waals surface area contributed by atoms with Crippen LogP contribution >= 0.6 is 0 Å². The Labute approximate surface area is 74.4 Å². The van der Waals surface area contributed by atoms with E-state index in [0.29, 0.717) is 0 Å². The van der Waals surface area contributed by atoms with Crippen LogP contribution in [0.5, 0.6) is 0 Å². The summed E-state index contributed by atoms with van der Waals surface area (Å²) in [4.78, 5) is 0. The highest BCUT2D eigenvalue weighted by atomic mass is 15.3. The summed E-state index contributed by atoms with van der Waals surface area (Å²) < 4.78 is 2.02. The van der Waals surface area contributed by atoms with Crippen molar-refractivity contribution in [1.29, 1.82) is 0 Å². The Morgan fingerprint density at radius 3 is 2.67 bits per heavy atom. The van der Waals surface area contributed by atoms with E-state index in [4.69, 9.17) is 0 Å². The van der Waals surface area contributed by atoms with Gasteiger partial charge < -0.3 is 6.15 Å². The molecule has 0 spiro atoms. The molecular formula is C9H19N3. The van der Waals surface area contributed by atoms with Crippen LogP contribution in [0, 0.1) is 0 Å². The molecule has 0 radical (unpaired) electrons. The highest BCUT2D eigenvalue weighted by Crippen LogP contribution is 1.99. The van der Waals surface area contributed by atoms with E-state index in [1.165, 1.54) is 12.1 Å². The Bertz CT molecular complexity index is 185. The summed E-state index contributed by atoms with van der Waals surface area (Å²) in [5.41, 5.74) is 1.22. The largest absolute Gasteiger partial charge is 0.344 e. The fourth-order valence-electron chi connectivity index (χ4n) is 1.15. The van der Waals surface area contributed by atoms with E-state index in [9.17, 15) is 0 Å². The molecule has 0 bridgehead atoms. The zero-order valence-electron chi connectivity index (χ0n) is 8.08. The number of rotatable bonds is 4. The summed E-state index contributed by atoms with van der Waals surface area (Å²) in [5.74, 6) is 0. The van der Waals surface area contributed by atoms with Crippen LogP contribution in [0.4, 0.5) is 0 Å². The molecule has 12 heavy (non-hydrogen) atoms. The minimum atomic E-state index is 0. The fraction of sp³-hybridized carbons (Fsp3) is 0.667. The third kappa shape index (κ3) is 3.05. The first-order valence-electron chi connectivity index (χ1n) is 4.39. The zero-order valence-corrected chi connectivity index (χ0v) is 8.08. The average Bonchev–Trinajstić information content (AvgIpc) is 2.38. The van der Waals surface area contributed by atoms with Crippen molar-refractivity contribution < 1.29 is 0 Å². The molecule has 1 aromatic rings. The highest BCUT2D eigenvalue weighted by molar-refractivity contribution is 4.98. The minimum Gasteiger partial charge on any atom is -0.344 e. The molecule has 1 heterocycles. The second-order valence-electron chi connectivity index (χ2n) is 2.82. The van der Waals surface area contributed by atoms with Crippen molar-refractivity contribution in [3.05, 3.63) is 18.0 Å². The van der Waals surface area contributed by atoms with Gasteiger partial charge in [0.2, 0.25) is 0 Å². The average molecular weight is 169 g/mol. The summed E-state index contributed by atoms with van der Waals surface area (Å²) >= 11 is 0. The van der Waals surface area contributed by atoms with Gasteiger partial charge in [-0.2, -0.15) is 5.10 Å². The molecule has 0 atom stereocenters. The third-order valence-electron chi connectivity index (χ3n) is 1.65. The zero-order chi connectivity index (χ0) is 8.10. The van der Waals surface area contributed by atoms with Crippen molar-refractivity contribution in [2.45, 2.75) is 39.7 Å². The summed E-state index contributed by atoms with van der Waals surface area (Å²) in [7, 11) is 0. The van der Waals surface area contributed by atoms with Crippen molar-refractivity contribution in [2.24, 2.45) is 0 Å². The number of hydrogen-bond acceptors (Lipinski definition) is 2. The van der Waals surface area contributed by atoms with Crippen molar-refractivity contribution in [2.75, 3.05) is 0 Å². The number of aromatic nitrogens is 2. The van der Waals surface area contributed by atoms with E-state index < -0.39 is 0 Å². The molecule has 1 rings (SSSR count). The number of aryl methyl sites for hydroxylation is 2. The van der Waals surface area contributed by atoms with Crippen LogP contribution in [0.3, 0.4) is 0 Å². The van der Waals surface area contributed by atoms with Gasteiger partial charge in [-0.25, -0.2) is 0 Å². The SMILES string of the molecule is CCCc1ccn(CCC)n1.N. The molecule has 0 unspecified atom stereocenters. The number of hydrogen-bond donors (Lipinski definition) is 1. The first-order chi connectivity index (χ1) is 5.36. The molecule has 0 aromatic carbocycles. The first kappa shape index (κ1) is 11.2. The van der Waals surface area contributed by atoms with Gasteiger partial charge >= 0.3 is 0 Å². The number of nitrogens with zero attached hydrogens (tertiary/aromatic N) is 2. The van der Waals surface area contributed by atoms with Crippen molar-refractivity contribution in [1.82, 2.24) is 15.9 Å². The maximum absolute atomic E-state index is 4.41. The standard InChI is InChI=1S/C9H16N2.H3N/c1-3-5-9-6-8-11(10-9)7-4-2;/h6,8H,3-5,7H2,1-2H3;1H3. The smallest absolute Gasteiger partial charge is 0.0624 e. The van der Waals surface area contributed by atoms with E-state index >= 15 is 0 Å². The minimum absolute atomic E-state index is 0. The van der Waals surface area contributed by atoms with Gasteiger partial charge in [-0.15, -0.1) is 0 Å². The van der Waals surface area contributed by atoms with Gasteiger partial charge in [0.25, 0.3) is 0 Å². The third-order valence-corrected chi connectivity index (χ3v) is 1.65. The van der Waals surface area contributed by atoms with Gasteiger partial charge in [-0.1, -0.05) is 20.3 Å². The van der Waals surface area contributed by atoms with Gasteiger partial charge in [-0.3, -0.25) is 4.68 Å². The van der Waals surface area contributed by atoms with Crippen LogP contribution in [0.15, 0.2) is 12.3 Å². The monoisotopic (exact) mass is 169 g/mol. The van der Waals surface area contributed by atoms with Gasteiger partial charge in [0.15, 0.2) is 0 Å². The van der Waals surface area contributed by atoms with Gasteiger partial charge in [0, 0.05) is 12.7 Å². The molecule has 0 fully saturated rings. The molecule has 0 aliphatic heterocycles. The van der Waals surface area contributed by atoms with Crippen LogP contribution in [-0.2, 0) is 13.0 Å². The predicted octanol–water partition coefficient (Wildman–Crippen LogP) is 2.41. The van der Waals surface area contributed by atoms with Crippen LogP contribution in [0.1, 0.15) is 32.4 Å². The van der Waals surface area contributed by atoms with Gasteiger partial charge in [-0.05, 0) is 18.9 Å². The topological polar surface area (TPSA) is 52.8 Å². The maximum Gasteiger partial charge on any atom is 0.0624 e. The van der Waals surface area contributed by atoms with Gasteiger partial charge in [0.05, 0.1) is 5.69 Å². The lowest BCUT2D eigenvalue weighted by molar-refractivity contribution is 0.593. The lowest BCUT2D eigenvalue weighted by atomic mass is 10.3. The van der Waals surface area contributed by atoms with Crippen LogP contribution in [0.25, 0.3) is 0 Å². The van der Waals surface area contributed by atoms with E-state index in [2.05, 4.69) is 31.2 Å². The molecule has 0 saturated carbocycles. The molecule has 3 nitrogen and oxygen atoms in total. The van der Waals surface area contributed by atoms with Crippen LogP contribution in [-0.4, -0.2) is 9.78 Å². The highest BCUT2D eigenvalue weighted by Gasteiger charge is 1.95. The summed E-state index contributed by atoms with van der Waals surface area (Å²) in [6.07, 6.45) is 5.52. The Hall–Kier alpha value is -0.830. The van der Waals surface area contributed by atoms with E-state index in [-0.39, 0.29) is 6.15 Å². The molecular weight excluding hydrogens is 150 g/mol. The van der Waals surface area contributed by atoms with E-state index in [0.717, 1.165) is 19.4 Å². The first-order valence-corrected chi connectivity index (χ1v) is 4.39. The fourth-order valence-corrected chi connectivity index (χ4v) is 1.15. The van der Waals surface area contributed by atoms with Crippen LogP contribution < -0.4 is 6.15 Å². The summed E-state index contributed by atoms with van der Waals surface area (Å²) in [6, 6.07) is 2.11. The lowest BCUT2D eigenvalue weighted by Crippen LogP contribution is -1.97. The molecule has 0 aliphatic rings. The molecule has 1 aromatic heterocycles. The van der Waals surface area contributed by atoms with E-state index in [1.54, 1.807) is 0 Å².